The average molecular weight is 477 g/mol. The summed E-state index contributed by atoms with van der Waals surface area (Å²) in [6.45, 7) is 2.77. The van der Waals surface area contributed by atoms with Gasteiger partial charge in [0.05, 0.1) is 0 Å². The minimum atomic E-state index is -1.47. The van der Waals surface area contributed by atoms with Crippen LogP contribution in [0, 0.1) is 11.3 Å². The first-order valence-electron chi connectivity index (χ1n) is 12.2. The van der Waals surface area contributed by atoms with E-state index in [0.29, 0.717) is 44.2 Å². The Balaban J connectivity index is 1.20. The largest absolute Gasteiger partial charge is 0.375 e. The maximum absolute atomic E-state index is 13.7. The molecule has 2 aliphatic rings. The van der Waals surface area contributed by atoms with Gasteiger partial charge in [0.2, 0.25) is 0 Å². The second-order valence-electron chi connectivity index (χ2n) is 9.39. The molecule has 1 aromatic heterocycles. The van der Waals surface area contributed by atoms with E-state index in [2.05, 4.69) is 35.0 Å². The molecule has 3 aromatic rings. The van der Waals surface area contributed by atoms with Gasteiger partial charge in [0, 0.05) is 43.3 Å². The molecule has 2 aromatic carbocycles. The molecule has 0 bridgehead atoms. The van der Waals surface area contributed by atoms with Gasteiger partial charge in [-0.15, -0.1) is 11.3 Å². The van der Waals surface area contributed by atoms with Crippen molar-refractivity contribution in [3.63, 3.8) is 0 Å². The van der Waals surface area contributed by atoms with Gasteiger partial charge in [-0.25, -0.2) is 0 Å². The van der Waals surface area contributed by atoms with Crippen LogP contribution < -0.4 is 5.32 Å². The maximum atomic E-state index is 13.7. The van der Waals surface area contributed by atoms with Crippen LogP contribution >= 0.6 is 11.3 Å². The molecule has 1 aliphatic carbocycles. The number of guanidine groups is 1. The highest BCUT2D eigenvalue weighted by Crippen LogP contribution is 2.42. The van der Waals surface area contributed by atoms with Crippen molar-refractivity contribution >= 4 is 33.3 Å². The third-order valence-corrected chi connectivity index (χ3v) is 8.24. The van der Waals surface area contributed by atoms with Gasteiger partial charge in [0.25, 0.3) is 5.91 Å². The molecule has 0 spiro atoms. The molecule has 1 aliphatic heterocycles. The molecule has 6 nitrogen and oxygen atoms in total. The van der Waals surface area contributed by atoms with Crippen molar-refractivity contribution in [3.05, 3.63) is 71.1 Å². The first kappa shape index (κ1) is 22.9. The molecular weight excluding hydrogens is 444 g/mol. The second kappa shape index (κ2) is 9.76. The lowest BCUT2D eigenvalue weighted by Crippen LogP contribution is -2.58. The summed E-state index contributed by atoms with van der Waals surface area (Å²) >= 11 is 1.73. The zero-order valence-electron chi connectivity index (χ0n) is 19.4. The van der Waals surface area contributed by atoms with E-state index in [9.17, 15) is 9.90 Å². The van der Waals surface area contributed by atoms with Gasteiger partial charge in [0.1, 0.15) is 0 Å². The van der Waals surface area contributed by atoms with Crippen LogP contribution in [-0.4, -0.2) is 53.0 Å². The predicted octanol–water partition coefficient (Wildman–Crippen LogP) is 4.15. The number of amides is 1. The highest BCUT2D eigenvalue weighted by Gasteiger charge is 2.48. The van der Waals surface area contributed by atoms with Gasteiger partial charge >= 0.3 is 0 Å². The molecule has 1 amide bonds. The van der Waals surface area contributed by atoms with Crippen molar-refractivity contribution in [1.82, 2.24) is 15.1 Å². The van der Waals surface area contributed by atoms with Crippen molar-refractivity contribution < 1.29 is 9.90 Å². The van der Waals surface area contributed by atoms with Crippen LogP contribution in [0.4, 0.5) is 0 Å². The number of rotatable bonds is 5. The minimum absolute atomic E-state index is 0.0408. The quantitative estimate of drug-likeness (QED) is 0.382. The predicted molar refractivity (Wildman–Crippen MR) is 137 cm³/mol. The van der Waals surface area contributed by atoms with Crippen molar-refractivity contribution in [1.29, 1.82) is 5.41 Å². The molecular formula is C27H32N4O2S. The molecule has 5 rings (SSSR count). The van der Waals surface area contributed by atoms with Gasteiger partial charge in [-0.05, 0) is 52.9 Å². The average Bonchev–Trinajstić information content (AvgIpc) is 3.59. The van der Waals surface area contributed by atoms with E-state index >= 15 is 0 Å². The number of hydrogen-bond donors (Lipinski definition) is 3. The first-order valence-corrected chi connectivity index (χ1v) is 13.0. The fourth-order valence-electron chi connectivity index (χ4n) is 5.37. The fourth-order valence-corrected chi connectivity index (χ4v) is 6.14. The second-order valence-corrected chi connectivity index (χ2v) is 10.3. The Morgan fingerprint density at radius 1 is 1.03 bits per heavy atom. The van der Waals surface area contributed by atoms with Crippen LogP contribution in [0.1, 0.15) is 36.8 Å². The van der Waals surface area contributed by atoms with E-state index in [1.165, 1.54) is 10.1 Å². The molecule has 7 heteroatoms. The summed E-state index contributed by atoms with van der Waals surface area (Å²) < 4.78 is 1.27. The molecule has 1 saturated heterocycles. The Labute approximate surface area is 204 Å². The Bertz CT molecular complexity index is 1150. The van der Waals surface area contributed by atoms with Crippen molar-refractivity contribution in [2.45, 2.75) is 37.8 Å². The van der Waals surface area contributed by atoms with Crippen LogP contribution in [0.2, 0.25) is 0 Å². The van der Waals surface area contributed by atoms with Gasteiger partial charge in [0.15, 0.2) is 11.6 Å². The molecule has 0 radical (unpaired) electrons. The number of benzene rings is 2. The van der Waals surface area contributed by atoms with Crippen molar-refractivity contribution in [3.8, 4) is 0 Å². The lowest BCUT2D eigenvalue weighted by Gasteiger charge is -2.42. The summed E-state index contributed by atoms with van der Waals surface area (Å²) in [5.41, 5.74) is 0.381. The molecule has 34 heavy (non-hydrogen) atoms. The summed E-state index contributed by atoms with van der Waals surface area (Å²) in [4.78, 5) is 17.4. The fraction of sp³-hybridized carbons (Fsp3) is 0.407. The third-order valence-electron chi connectivity index (χ3n) is 7.35. The lowest BCUT2D eigenvalue weighted by molar-refractivity contribution is -0.160. The van der Waals surface area contributed by atoms with Crippen LogP contribution in [0.25, 0.3) is 10.1 Å². The van der Waals surface area contributed by atoms with E-state index < -0.39 is 5.60 Å². The minimum Gasteiger partial charge on any atom is -0.375 e. The van der Waals surface area contributed by atoms with E-state index in [-0.39, 0.29) is 11.8 Å². The zero-order valence-corrected chi connectivity index (χ0v) is 20.2. The van der Waals surface area contributed by atoms with Gasteiger partial charge in [-0.2, -0.15) is 0 Å². The van der Waals surface area contributed by atoms with Crippen LogP contribution in [-0.2, 0) is 16.9 Å². The molecule has 178 valence electrons. The van der Waals surface area contributed by atoms with Crippen LogP contribution in [0.15, 0.2) is 60.0 Å². The summed E-state index contributed by atoms with van der Waals surface area (Å²) in [6, 6.07) is 18.0. The number of carbonyl (C=O) groups excluding carboxylic acids is 1. The smallest absolute Gasteiger partial charge is 0.259 e. The SMILES string of the molecule is N=C(NCc1ccc2sccc2c1)N1CCN(C(=O)[C@](O)(c2ccccc2)C2CCCC2)CC1. The van der Waals surface area contributed by atoms with E-state index in [4.69, 9.17) is 5.41 Å². The van der Waals surface area contributed by atoms with Crippen LogP contribution in [0.3, 0.4) is 0 Å². The topological polar surface area (TPSA) is 79.7 Å². The Morgan fingerprint density at radius 3 is 2.47 bits per heavy atom. The standard InChI is InChI=1S/C27H32N4O2S/c28-26(29-19-20-10-11-24-21(18-20)12-17-34-24)31-15-13-30(14-16-31)25(32)27(33,23-8-4-5-9-23)22-6-2-1-3-7-22/h1-3,6-7,10-12,17-18,23,33H,4-5,8-9,13-16,19H2,(H2,28,29)/t27-/m0/s1. The summed E-state index contributed by atoms with van der Waals surface area (Å²) in [5.74, 6) is 0.154. The Morgan fingerprint density at radius 2 is 1.74 bits per heavy atom. The van der Waals surface area contributed by atoms with Gasteiger partial charge < -0.3 is 20.2 Å². The van der Waals surface area contributed by atoms with E-state index in [0.717, 1.165) is 31.2 Å². The summed E-state index contributed by atoms with van der Waals surface area (Å²) in [6.07, 6.45) is 3.87. The highest BCUT2D eigenvalue weighted by molar-refractivity contribution is 7.17. The number of nitrogens with zero attached hydrogens (tertiary/aromatic N) is 2. The van der Waals surface area contributed by atoms with Gasteiger partial charge in [-0.3, -0.25) is 10.2 Å². The number of thiophene rings is 1. The highest BCUT2D eigenvalue weighted by atomic mass is 32.1. The summed E-state index contributed by atoms with van der Waals surface area (Å²) in [7, 11) is 0. The number of piperazine rings is 1. The molecule has 1 saturated carbocycles. The normalized spacial score (nSPS) is 18.7. The van der Waals surface area contributed by atoms with Crippen molar-refractivity contribution in [2.24, 2.45) is 5.92 Å². The molecule has 2 heterocycles. The van der Waals surface area contributed by atoms with Gasteiger partial charge in [-0.1, -0.05) is 49.2 Å². The monoisotopic (exact) mass is 476 g/mol. The number of nitrogens with one attached hydrogen (secondary N) is 2. The van der Waals surface area contributed by atoms with E-state index in [1.807, 2.05) is 35.2 Å². The lowest BCUT2D eigenvalue weighted by atomic mass is 9.79. The number of carbonyl (C=O) groups is 1. The third kappa shape index (κ3) is 4.42. The summed E-state index contributed by atoms with van der Waals surface area (Å²) in [5, 5.41) is 26.8. The molecule has 1 atom stereocenters. The molecule has 3 N–H and O–H groups in total. The zero-order chi connectivity index (χ0) is 23.5. The Hall–Kier alpha value is -2.90. The van der Waals surface area contributed by atoms with E-state index in [1.54, 1.807) is 16.2 Å². The molecule has 0 unspecified atom stereocenters. The maximum Gasteiger partial charge on any atom is 0.259 e. The molecule has 2 fully saturated rings. The number of fused-ring (bicyclic) bond motifs is 1. The first-order chi connectivity index (χ1) is 16.6. The Kier molecular flexibility index (Phi) is 6.57. The number of aliphatic hydroxyl groups is 1. The van der Waals surface area contributed by atoms with Crippen LogP contribution in [0.5, 0.6) is 0 Å². The number of hydrogen-bond acceptors (Lipinski definition) is 4. The van der Waals surface area contributed by atoms with Crippen molar-refractivity contribution in [2.75, 3.05) is 26.2 Å².